The zero-order valence-corrected chi connectivity index (χ0v) is 20.4. The zero-order valence-electron chi connectivity index (χ0n) is 17.0. The molecule has 0 unspecified atom stereocenters. The molecule has 0 spiro atoms. The maximum atomic E-state index is 11.1. The van der Waals surface area contributed by atoms with Crippen molar-refractivity contribution in [1.82, 2.24) is 9.80 Å². The zero-order chi connectivity index (χ0) is 23.1. The predicted molar refractivity (Wildman–Crippen MR) is 117 cm³/mol. The minimum atomic E-state index is -0.940. The third kappa shape index (κ3) is 11.4. The fraction of sp³-hybridized carbons (Fsp3) is 0.200. The molecule has 10 heteroatoms. The first-order valence-electron chi connectivity index (χ1n) is 8.36. The van der Waals surface area contributed by atoms with Crippen LogP contribution < -0.4 is 8.92 Å². The summed E-state index contributed by atoms with van der Waals surface area (Å²) in [4.78, 5) is 44.0. The molecule has 0 atom stereocenters. The van der Waals surface area contributed by atoms with E-state index in [1.165, 1.54) is 9.80 Å². The molecule has 162 valence electrons. The molecule has 2 N–H and O–H groups in total. The Hall–Kier alpha value is -2.64. The molecule has 0 aliphatic rings. The van der Waals surface area contributed by atoms with Gasteiger partial charge >= 0.3 is 127 Å². The molecule has 0 heterocycles. The van der Waals surface area contributed by atoms with Crippen molar-refractivity contribution in [3.63, 3.8) is 0 Å². The Morgan fingerprint density at radius 2 is 0.967 bits per heavy atom. The molecule has 0 aromatic heterocycles. The van der Waals surface area contributed by atoms with E-state index in [-0.39, 0.29) is 26.3 Å². The number of aromatic carboxylic acids is 2. The number of nitrogens with zero attached hydrogens (tertiary/aromatic N) is 2. The monoisotopic (exact) mass is 548 g/mol. The van der Waals surface area contributed by atoms with Gasteiger partial charge < -0.3 is 9.80 Å². The fourth-order valence-corrected chi connectivity index (χ4v) is 8.62. The van der Waals surface area contributed by atoms with E-state index in [9.17, 15) is 19.2 Å². The second kappa shape index (κ2) is 15.2. The third-order valence-electron chi connectivity index (χ3n) is 2.88. The number of hydrogen-bond donors (Lipinski definition) is 2. The number of amides is 2. The Bertz CT molecular complexity index is 774. The molecule has 0 saturated carbocycles. The summed E-state index contributed by atoms with van der Waals surface area (Å²) in [5.74, 6) is -1.88. The van der Waals surface area contributed by atoms with E-state index >= 15 is 0 Å². The second-order valence-electron chi connectivity index (χ2n) is 5.91. The molecule has 2 rings (SSSR count). The van der Waals surface area contributed by atoms with E-state index in [0.29, 0.717) is 11.1 Å². The predicted octanol–water partition coefficient (Wildman–Crippen LogP) is -0.234. The number of carbonyl (C=O) groups is 4. The van der Waals surface area contributed by atoms with Gasteiger partial charge in [-0.05, 0) is 0 Å². The number of carboxylic acid groups (broad SMARTS) is 2. The van der Waals surface area contributed by atoms with E-state index in [0.717, 1.165) is 21.7 Å². The van der Waals surface area contributed by atoms with Crippen LogP contribution in [0, 0.1) is 0 Å². The number of carbonyl (C=O) groups excluding carboxylic acids is 2. The normalized spacial score (nSPS) is 9.07. The van der Waals surface area contributed by atoms with Gasteiger partial charge in [0.2, 0.25) is 12.8 Å². The summed E-state index contributed by atoms with van der Waals surface area (Å²) < 4.78 is 1.60. The molecule has 30 heavy (non-hydrogen) atoms. The van der Waals surface area contributed by atoms with Crippen LogP contribution in [0.25, 0.3) is 0 Å². The molecule has 0 aliphatic carbocycles. The van der Waals surface area contributed by atoms with Gasteiger partial charge in [-0.3, -0.25) is 9.59 Å². The standard InChI is InChI=1S/C14H10O4Se2.2C3H7NO/c15-13(16)9-5-1-3-7-11(9)19-20-12-8-4-2-6-10(12)14(17)18;2*1-4(2)3-5/h1-8H,(H,15,16)(H,17,18);2*3H,1-2H3. The minimum absolute atomic E-state index is 0.0620. The number of carboxylic acids is 2. The molecule has 2 amide bonds. The maximum absolute atomic E-state index is 11.1. The Morgan fingerprint density at radius 1 is 0.700 bits per heavy atom. The van der Waals surface area contributed by atoms with Crippen LogP contribution in [-0.2, 0) is 9.59 Å². The van der Waals surface area contributed by atoms with Crippen molar-refractivity contribution in [3.05, 3.63) is 59.7 Å². The van der Waals surface area contributed by atoms with Crippen LogP contribution in [0.3, 0.4) is 0 Å². The van der Waals surface area contributed by atoms with Crippen molar-refractivity contribution in [2.75, 3.05) is 28.2 Å². The quantitative estimate of drug-likeness (QED) is 0.367. The van der Waals surface area contributed by atoms with Gasteiger partial charge in [-0.15, -0.1) is 0 Å². The van der Waals surface area contributed by atoms with Gasteiger partial charge in [0.25, 0.3) is 0 Å². The molecule has 0 saturated heterocycles. The van der Waals surface area contributed by atoms with E-state index in [4.69, 9.17) is 10.2 Å². The van der Waals surface area contributed by atoms with Crippen LogP contribution >= 0.6 is 0 Å². The van der Waals surface area contributed by atoms with Crippen LogP contribution in [0.5, 0.6) is 0 Å². The Kier molecular flexibility index (Phi) is 13.9. The molecule has 0 bridgehead atoms. The van der Waals surface area contributed by atoms with Crippen molar-refractivity contribution < 1.29 is 29.4 Å². The number of hydrogen-bond acceptors (Lipinski definition) is 4. The third-order valence-corrected chi connectivity index (χ3v) is 10.1. The van der Waals surface area contributed by atoms with Gasteiger partial charge in [0.1, 0.15) is 0 Å². The SMILES string of the molecule is CN(C)C=O.CN(C)C=O.O=C(O)c1ccccc1[Se][Se]c1ccccc1C(=O)O. The van der Waals surface area contributed by atoms with Crippen molar-refractivity contribution in [2.24, 2.45) is 0 Å². The molecule has 2 aromatic carbocycles. The Balaban J connectivity index is 0.000000702. The van der Waals surface area contributed by atoms with Crippen LogP contribution in [0.2, 0.25) is 0 Å². The van der Waals surface area contributed by atoms with Gasteiger partial charge in [-0.25, -0.2) is 0 Å². The first-order chi connectivity index (χ1) is 14.1. The first kappa shape index (κ1) is 27.4. The molecular weight excluding hydrogens is 522 g/mol. The van der Waals surface area contributed by atoms with Crippen LogP contribution in [-0.4, -0.2) is 99.2 Å². The van der Waals surface area contributed by atoms with Crippen LogP contribution in [0.4, 0.5) is 0 Å². The van der Waals surface area contributed by atoms with Crippen molar-refractivity contribution in [1.29, 1.82) is 0 Å². The Labute approximate surface area is 186 Å². The summed E-state index contributed by atoms with van der Waals surface area (Å²) >= 11 is -0.124. The van der Waals surface area contributed by atoms with Crippen LogP contribution in [0.1, 0.15) is 20.7 Å². The van der Waals surface area contributed by atoms with Gasteiger partial charge in [-0.1, -0.05) is 0 Å². The molecule has 2 aromatic rings. The van der Waals surface area contributed by atoms with Gasteiger partial charge in [0.15, 0.2) is 0 Å². The summed E-state index contributed by atoms with van der Waals surface area (Å²) in [7, 11) is 6.75. The van der Waals surface area contributed by atoms with Gasteiger partial charge in [0.05, 0.1) is 0 Å². The number of benzene rings is 2. The second-order valence-corrected chi connectivity index (χ2v) is 12.1. The summed E-state index contributed by atoms with van der Waals surface area (Å²) in [6.07, 6.45) is 1.50. The number of rotatable bonds is 7. The van der Waals surface area contributed by atoms with Crippen LogP contribution in [0.15, 0.2) is 48.5 Å². The van der Waals surface area contributed by atoms with E-state index in [2.05, 4.69) is 0 Å². The average Bonchev–Trinajstić information content (AvgIpc) is 2.73. The van der Waals surface area contributed by atoms with E-state index in [1.54, 1.807) is 64.6 Å². The topological polar surface area (TPSA) is 115 Å². The van der Waals surface area contributed by atoms with Gasteiger partial charge in [-0.2, -0.15) is 0 Å². The van der Waals surface area contributed by atoms with E-state index in [1.807, 2.05) is 12.1 Å². The fourth-order valence-electron chi connectivity index (χ4n) is 1.52. The van der Waals surface area contributed by atoms with E-state index < -0.39 is 11.9 Å². The molecule has 8 nitrogen and oxygen atoms in total. The first-order valence-corrected chi connectivity index (χ1v) is 14.4. The van der Waals surface area contributed by atoms with Gasteiger partial charge in [0, 0.05) is 28.2 Å². The van der Waals surface area contributed by atoms with Crippen molar-refractivity contribution >= 4 is 59.9 Å². The summed E-state index contributed by atoms with van der Waals surface area (Å²) in [6.45, 7) is 0. The molecule has 0 radical (unpaired) electrons. The molecule has 0 aliphatic heterocycles. The summed E-state index contributed by atoms with van der Waals surface area (Å²) in [6, 6.07) is 13.8. The van der Waals surface area contributed by atoms with Crippen molar-refractivity contribution in [3.8, 4) is 0 Å². The molecular formula is C20H24N2O6Se2. The average molecular weight is 546 g/mol. The molecule has 0 fully saturated rings. The van der Waals surface area contributed by atoms with Crippen molar-refractivity contribution in [2.45, 2.75) is 0 Å². The summed E-state index contributed by atoms with van der Waals surface area (Å²) in [5, 5.41) is 18.3. The Morgan fingerprint density at radius 3 is 1.20 bits per heavy atom. The summed E-state index contributed by atoms with van der Waals surface area (Å²) in [5.41, 5.74) is 0.615.